The van der Waals surface area contributed by atoms with Crippen LogP contribution in [0.1, 0.15) is 25.7 Å². The summed E-state index contributed by atoms with van der Waals surface area (Å²) in [6, 6.07) is 0. The summed E-state index contributed by atoms with van der Waals surface area (Å²) in [7, 11) is 1.84. The molecule has 82 valence electrons. The topological polar surface area (TPSA) is 33.3 Å². The van der Waals surface area contributed by atoms with Gasteiger partial charge in [-0.2, -0.15) is 0 Å². The average Bonchev–Trinajstić information content (AvgIpc) is 2.25. The molecule has 0 saturated carbocycles. The van der Waals surface area contributed by atoms with E-state index in [-0.39, 0.29) is 0 Å². The number of thiocarbonyl (C=S) groups is 1. The van der Waals surface area contributed by atoms with Gasteiger partial charge in [-0.15, -0.1) is 0 Å². The molecule has 14 heavy (non-hydrogen) atoms. The minimum absolute atomic E-state index is 0.747. The lowest BCUT2D eigenvalue weighted by molar-refractivity contribution is 0.0634. The van der Waals surface area contributed by atoms with Crippen LogP contribution in [0.4, 0.5) is 0 Å². The Morgan fingerprint density at radius 3 is 2.79 bits per heavy atom. The molecule has 1 aliphatic rings. The lowest BCUT2D eigenvalue weighted by Crippen LogP contribution is -2.33. The van der Waals surface area contributed by atoms with E-state index >= 15 is 0 Å². The molecule has 3 nitrogen and oxygen atoms in total. The van der Waals surface area contributed by atoms with Crippen LogP contribution in [-0.4, -0.2) is 31.9 Å². The summed E-state index contributed by atoms with van der Waals surface area (Å²) in [4.78, 5) is 0. The summed E-state index contributed by atoms with van der Waals surface area (Å²) in [5.74, 6) is 0.869. The Bertz CT molecular complexity index is 170. The molecule has 0 aromatic carbocycles. The van der Waals surface area contributed by atoms with Gasteiger partial charge >= 0.3 is 0 Å². The minimum atomic E-state index is 0.747. The van der Waals surface area contributed by atoms with Crippen molar-refractivity contribution in [1.82, 2.24) is 10.6 Å². The zero-order chi connectivity index (χ0) is 10.2. The molecule has 1 aliphatic heterocycles. The Balaban J connectivity index is 1.94. The van der Waals surface area contributed by atoms with Crippen molar-refractivity contribution in [3.8, 4) is 0 Å². The Kier molecular flexibility index (Phi) is 5.87. The van der Waals surface area contributed by atoms with Crippen molar-refractivity contribution in [1.29, 1.82) is 0 Å². The van der Waals surface area contributed by atoms with E-state index in [1.54, 1.807) is 0 Å². The summed E-state index contributed by atoms with van der Waals surface area (Å²) in [6.45, 7) is 2.89. The lowest BCUT2D eigenvalue weighted by atomic mass is 9.95. The van der Waals surface area contributed by atoms with Gasteiger partial charge in [-0.25, -0.2) is 0 Å². The normalized spacial score (nSPS) is 17.8. The van der Waals surface area contributed by atoms with Crippen LogP contribution >= 0.6 is 12.2 Å². The second-order valence-electron chi connectivity index (χ2n) is 3.70. The fourth-order valence-electron chi connectivity index (χ4n) is 1.72. The Morgan fingerprint density at radius 1 is 1.43 bits per heavy atom. The van der Waals surface area contributed by atoms with Crippen molar-refractivity contribution in [3.63, 3.8) is 0 Å². The van der Waals surface area contributed by atoms with Crippen molar-refractivity contribution in [2.24, 2.45) is 5.92 Å². The third-order valence-electron chi connectivity index (χ3n) is 2.64. The van der Waals surface area contributed by atoms with E-state index in [2.05, 4.69) is 10.6 Å². The molecule has 1 saturated heterocycles. The first-order chi connectivity index (χ1) is 6.83. The molecule has 1 rings (SSSR count). The second-order valence-corrected chi connectivity index (χ2v) is 4.11. The summed E-state index contributed by atoms with van der Waals surface area (Å²) in [6.07, 6.45) is 4.96. The highest BCUT2D eigenvalue weighted by Crippen LogP contribution is 2.19. The van der Waals surface area contributed by atoms with Gasteiger partial charge in [0.2, 0.25) is 0 Å². The summed E-state index contributed by atoms with van der Waals surface area (Å²) in [5, 5.41) is 6.81. The molecule has 4 heteroatoms. The summed E-state index contributed by atoms with van der Waals surface area (Å²) < 4.78 is 5.32. The SMILES string of the molecule is CNC(=S)NCCCC1CCOCC1. The number of hydrogen-bond donors (Lipinski definition) is 2. The first kappa shape index (κ1) is 11.7. The summed E-state index contributed by atoms with van der Waals surface area (Å²) >= 11 is 4.98. The average molecular weight is 216 g/mol. The summed E-state index contributed by atoms with van der Waals surface area (Å²) in [5.41, 5.74) is 0. The second kappa shape index (κ2) is 7.01. The van der Waals surface area contributed by atoms with Gasteiger partial charge in [0.15, 0.2) is 5.11 Å². The molecule has 0 aromatic heterocycles. The molecule has 2 N–H and O–H groups in total. The van der Waals surface area contributed by atoms with Gasteiger partial charge in [0.25, 0.3) is 0 Å². The fourth-order valence-corrected chi connectivity index (χ4v) is 1.82. The first-order valence-electron chi connectivity index (χ1n) is 5.36. The van der Waals surface area contributed by atoms with E-state index in [1.807, 2.05) is 7.05 Å². The number of hydrogen-bond acceptors (Lipinski definition) is 2. The highest BCUT2D eigenvalue weighted by molar-refractivity contribution is 7.80. The van der Waals surface area contributed by atoms with Gasteiger partial charge in [-0.05, 0) is 43.8 Å². The van der Waals surface area contributed by atoms with Gasteiger partial charge < -0.3 is 15.4 Å². The zero-order valence-corrected chi connectivity index (χ0v) is 9.66. The van der Waals surface area contributed by atoms with E-state index < -0.39 is 0 Å². The van der Waals surface area contributed by atoms with Crippen molar-refractivity contribution >= 4 is 17.3 Å². The molecular weight excluding hydrogens is 196 g/mol. The molecule has 0 spiro atoms. The predicted molar refractivity (Wildman–Crippen MR) is 62.4 cm³/mol. The zero-order valence-electron chi connectivity index (χ0n) is 8.84. The van der Waals surface area contributed by atoms with Crippen molar-refractivity contribution in [3.05, 3.63) is 0 Å². The standard InChI is InChI=1S/C10H20N2OS/c1-11-10(14)12-6-2-3-9-4-7-13-8-5-9/h9H,2-8H2,1H3,(H2,11,12,14). The lowest BCUT2D eigenvalue weighted by Gasteiger charge is -2.21. The van der Waals surface area contributed by atoms with E-state index in [1.165, 1.54) is 25.7 Å². The van der Waals surface area contributed by atoms with E-state index in [0.717, 1.165) is 30.8 Å². The van der Waals surface area contributed by atoms with Crippen LogP contribution < -0.4 is 10.6 Å². The van der Waals surface area contributed by atoms with Crippen LogP contribution in [0.15, 0.2) is 0 Å². The monoisotopic (exact) mass is 216 g/mol. The number of nitrogens with one attached hydrogen (secondary N) is 2. The molecule has 0 aromatic rings. The van der Waals surface area contributed by atoms with E-state index in [4.69, 9.17) is 17.0 Å². The molecule has 0 bridgehead atoms. The number of rotatable bonds is 4. The molecule has 0 amide bonds. The molecule has 0 aliphatic carbocycles. The van der Waals surface area contributed by atoms with Crippen LogP contribution in [0.25, 0.3) is 0 Å². The van der Waals surface area contributed by atoms with Crippen molar-refractivity contribution < 1.29 is 4.74 Å². The highest BCUT2D eigenvalue weighted by Gasteiger charge is 2.12. The molecule has 0 unspecified atom stereocenters. The van der Waals surface area contributed by atoms with Gasteiger partial charge in [-0.1, -0.05) is 0 Å². The largest absolute Gasteiger partial charge is 0.381 e. The van der Waals surface area contributed by atoms with Crippen molar-refractivity contribution in [2.75, 3.05) is 26.8 Å². The van der Waals surface area contributed by atoms with E-state index in [0.29, 0.717) is 0 Å². The maximum absolute atomic E-state index is 5.32. The maximum atomic E-state index is 5.32. The molecular formula is C10H20N2OS. The Labute approximate surface area is 91.6 Å². The predicted octanol–water partition coefficient (Wildman–Crippen LogP) is 1.29. The highest BCUT2D eigenvalue weighted by atomic mass is 32.1. The molecule has 1 heterocycles. The van der Waals surface area contributed by atoms with E-state index in [9.17, 15) is 0 Å². The molecule has 1 fully saturated rings. The van der Waals surface area contributed by atoms with Gasteiger partial charge in [0, 0.05) is 26.8 Å². The fraction of sp³-hybridized carbons (Fsp3) is 0.900. The quantitative estimate of drug-likeness (QED) is 0.548. The van der Waals surface area contributed by atoms with Crippen LogP contribution in [0.5, 0.6) is 0 Å². The van der Waals surface area contributed by atoms with Gasteiger partial charge in [0.1, 0.15) is 0 Å². The molecule has 0 atom stereocenters. The van der Waals surface area contributed by atoms with Gasteiger partial charge in [-0.3, -0.25) is 0 Å². The third-order valence-corrected chi connectivity index (χ3v) is 2.99. The molecule has 0 radical (unpaired) electrons. The number of ether oxygens (including phenoxy) is 1. The first-order valence-corrected chi connectivity index (χ1v) is 5.77. The maximum Gasteiger partial charge on any atom is 0.166 e. The Morgan fingerprint density at radius 2 is 2.14 bits per heavy atom. The smallest absolute Gasteiger partial charge is 0.166 e. The minimum Gasteiger partial charge on any atom is -0.381 e. The van der Waals surface area contributed by atoms with Crippen LogP contribution in [0, 0.1) is 5.92 Å². The van der Waals surface area contributed by atoms with Gasteiger partial charge in [0.05, 0.1) is 0 Å². The third kappa shape index (κ3) is 4.77. The van der Waals surface area contributed by atoms with Crippen LogP contribution in [0.2, 0.25) is 0 Å². The van der Waals surface area contributed by atoms with Crippen LogP contribution in [-0.2, 0) is 4.74 Å². The van der Waals surface area contributed by atoms with Crippen molar-refractivity contribution in [2.45, 2.75) is 25.7 Å². The van der Waals surface area contributed by atoms with Crippen LogP contribution in [0.3, 0.4) is 0 Å². The Hall–Kier alpha value is -0.350.